The van der Waals surface area contributed by atoms with Crippen LogP contribution in [0.4, 0.5) is 8.78 Å². The summed E-state index contributed by atoms with van der Waals surface area (Å²) in [6.07, 6.45) is -0.732. The number of nitrogens with zero attached hydrogens (tertiary/aromatic N) is 3. The molecule has 3 rings (SSSR count). The summed E-state index contributed by atoms with van der Waals surface area (Å²) in [6, 6.07) is 12.5. The molecule has 0 spiro atoms. The van der Waals surface area contributed by atoms with Gasteiger partial charge in [-0.05, 0) is 52.0 Å². The van der Waals surface area contributed by atoms with Crippen molar-refractivity contribution in [1.82, 2.24) is 14.7 Å². The third kappa shape index (κ3) is 7.83. The van der Waals surface area contributed by atoms with E-state index in [2.05, 4.69) is 5.10 Å². The normalized spacial score (nSPS) is 12.8. The largest absolute Gasteiger partial charge is 0.435 e. The maximum absolute atomic E-state index is 14.5. The molecule has 1 N–H and O–H groups in total. The summed E-state index contributed by atoms with van der Waals surface area (Å²) in [5.74, 6) is -1.31. The van der Waals surface area contributed by atoms with E-state index in [0.29, 0.717) is 43.4 Å². The van der Waals surface area contributed by atoms with Crippen LogP contribution >= 0.6 is 0 Å². The molecule has 196 valence electrons. The number of methoxy groups -OCH3 is 1. The van der Waals surface area contributed by atoms with E-state index in [4.69, 9.17) is 14.2 Å². The molecule has 1 atom stereocenters. The first-order valence-electron chi connectivity index (χ1n) is 11.9. The number of halogens is 2. The quantitative estimate of drug-likeness (QED) is 0.380. The molecule has 2 aromatic carbocycles. The zero-order chi connectivity index (χ0) is 26.3. The lowest BCUT2D eigenvalue weighted by Gasteiger charge is -2.27. The molecule has 1 heterocycles. The zero-order valence-electron chi connectivity index (χ0n) is 21.5. The van der Waals surface area contributed by atoms with E-state index in [1.54, 1.807) is 11.8 Å². The number of rotatable bonds is 12. The molecule has 0 aliphatic heterocycles. The van der Waals surface area contributed by atoms with Crippen molar-refractivity contribution in [1.29, 1.82) is 0 Å². The van der Waals surface area contributed by atoms with E-state index in [0.717, 1.165) is 17.8 Å². The van der Waals surface area contributed by atoms with Gasteiger partial charge in [-0.3, -0.25) is 4.90 Å². The highest BCUT2D eigenvalue weighted by Crippen LogP contribution is 2.33. The zero-order valence-corrected chi connectivity index (χ0v) is 21.5. The van der Waals surface area contributed by atoms with E-state index in [1.165, 1.54) is 6.07 Å². The van der Waals surface area contributed by atoms with Crippen LogP contribution in [0.5, 0.6) is 11.6 Å². The molecule has 0 aliphatic rings. The van der Waals surface area contributed by atoms with Gasteiger partial charge >= 0.3 is 0 Å². The fourth-order valence-electron chi connectivity index (χ4n) is 3.61. The van der Waals surface area contributed by atoms with Gasteiger partial charge in [0.1, 0.15) is 5.82 Å². The Labute approximate surface area is 211 Å². The number of para-hydroxylation sites is 1. The third-order valence-electron chi connectivity index (χ3n) is 5.41. The van der Waals surface area contributed by atoms with Crippen LogP contribution < -0.4 is 4.74 Å². The monoisotopic (exact) mass is 503 g/mol. The van der Waals surface area contributed by atoms with Crippen LogP contribution in [-0.2, 0) is 16.0 Å². The van der Waals surface area contributed by atoms with Gasteiger partial charge in [0, 0.05) is 32.8 Å². The Morgan fingerprint density at radius 3 is 2.47 bits per heavy atom. The van der Waals surface area contributed by atoms with Gasteiger partial charge in [0.05, 0.1) is 41.9 Å². The number of aliphatic hydroxyl groups excluding tert-OH is 1. The van der Waals surface area contributed by atoms with Gasteiger partial charge < -0.3 is 19.3 Å². The van der Waals surface area contributed by atoms with Crippen LogP contribution in [0.3, 0.4) is 0 Å². The molecule has 0 saturated carbocycles. The average Bonchev–Trinajstić information content (AvgIpc) is 3.13. The van der Waals surface area contributed by atoms with E-state index in [-0.39, 0.29) is 18.0 Å². The average molecular weight is 504 g/mol. The second-order valence-corrected chi connectivity index (χ2v) is 9.60. The molecular weight excluding hydrogens is 468 g/mol. The lowest BCUT2D eigenvalue weighted by Crippen LogP contribution is -2.38. The van der Waals surface area contributed by atoms with Crippen molar-refractivity contribution < 1.29 is 28.1 Å². The summed E-state index contributed by atoms with van der Waals surface area (Å²) in [4.78, 5) is 2.01. The number of hydrogen-bond donors (Lipinski definition) is 1. The summed E-state index contributed by atoms with van der Waals surface area (Å²) in [7, 11) is 1.61. The second-order valence-electron chi connectivity index (χ2n) is 9.60. The Balaban J connectivity index is 1.94. The van der Waals surface area contributed by atoms with E-state index in [1.807, 2.05) is 62.9 Å². The number of ether oxygens (including phenoxy) is 3. The Morgan fingerprint density at radius 1 is 1.11 bits per heavy atom. The van der Waals surface area contributed by atoms with Crippen molar-refractivity contribution in [2.24, 2.45) is 0 Å². The van der Waals surface area contributed by atoms with E-state index < -0.39 is 17.7 Å². The maximum Gasteiger partial charge on any atom is 0.227 e. The summed E-state index contributed by atoms with van der Waals surface area (Å²) in [6.45, 7) is 9.47. The smallest absolute Gasteiger partial charge is 0.227 e. The predicted molar refractivity (Wildman–Crippen MR) is 134 cm³/mol. The molecule has 0 unspecified atom stereocenters. The van der Waals surface area contributed by atoms with Gasteiger partial charge in [-0.1, -0.05) is 18.2 Å². The van der Waals surface area contributed by atoms with Gasteiger partial charge in [0.2, 0.25) is 5.88 Å². The third-order valence-corrected chi connectivity index (χ3v) is 5.41. The molecule has 0 bridgehead atoms. The minimum absolute atomic E-state index is 0.114. The summed E-state index contributed by atoms with van der Waals surface area (Å²) < 4.78 is 46.6. The minimum atomic E-state index is -0.814. The number of aliphatic hydroxyl groups is 1. The number of hydrogen-bond acceptors (Lipinski definition) is 6. The highest BCUT2D eigenvalue weighted by Gasteiger charge is 2.24. The van der Waals surface area contributed by atoms with Crippen LogP contribution in [0.25, 0.3) is 5.69 Å². The van der Waals surface area contributed by atoms with E-state index >= 15 is 0 Å². The molecule has 3 aromatic rings. The summed E-state index contributed by atoms with van der Waals surface area (Å²) in [5, 5.41) is 15.3. The Bertz CT molecular complexity index is 1120. The number of aromatic nitrogens is 2. The Hall–Kier alpha value is -2.85. The van der Waals surface area contributed by atoms with Crippen LogP contribution in [0.1, 0.15) is 32.0 Å². The lowest BCUT2D eigenvalue weighted by atomic mass is 10.2. The fraction of sp³-hybridized carbons (Fsp3) is 0.444. The predicted octanol–water partition coefficient (Wildman–Crippen LogP) is 4.88. The first-order valence-corrected chi connectivity index (χ1v) is 11.9. The molecule has 0 saturated heterocycles. The fourth-order valence-corrected chi connectivity index (χ4v) is 3.61. The van der Waals surface area contributed by atoms with Crippen LogP contribution in [0, 0.1) is 18.6 Å². The molecular formula is C27H35F2N3O4. The molecule has 0 radical (unpaired) electrons. The van der Waals surface area contributed by atoms with Gasteiger partial charge in [-0.2, -0.15) is 5.10 Å². The highest BCUT2D eigenvalue weighted by atomic mass is 19.1. The number of aryl methyl sites for hydroxylation is 1. The molecule has 0 amide bonds. The van der Waals surface area contributed by atoms with Gasteiger partial charge in [0.25, 0.3) is 0 Å². The van der Waals surface area contributed by atoms with Crippen molar-refractivity contribution in [2.75, 3.05) is 33.4 Å². The van der Waals surface area contributed by atoms with E-state index in [9.17, 15) is 13.9 Å². The van der Waals surface area contributed by atoms with Crippen LogP contribution in [-0.4, -0.2) is 64.9 Å². The maximum atomic E-state index is 14.5. The van der Waals surface area contributed by atoms with Crippen molar-refractivity contribution in [2.45, 2.75) is 45.9 Å². The molecule has 0 aliphatic carbocycles. The van der Waals surface area contributed by atoms with Gasteiger partial charge in [0.15, 0.2) is 11.6 Å². The standard InChI is InChI=1S/C27H35F2N3O4/c1-19-23(17-31(13-14-34-5)16-22(33)18-35-27(2,3)4)26(32(30-19)21-9-7-6-8-10-21)36-25-12-11-20(28)15-24(25)29/h6-12,15,22,33H,13-14,16-18H2,1-5H3/t22-/m1/s1. The molecule has 9 heteroatoms. The molecule has 1 aromatic heterocycles. The highest BCUT2D eigenvalue weighted by molar-refractivity contribution is 5.43. The van der Waals surface area contributed by atoms with Gasteiger partial charge in [-0.15, -0.1) is 0 Å². The number of benzene rings is 2. The summed E-state index contributed by atoms with van der Waals surface area (Å²) >= 11 is 0. The first kappa shape index (κ1) is 27.7. The van der Waals surface area contributed by atoms with Crippen LogP contribution in [0.15, 0.2) is 48.5 Å². The minimum Gasteiger partial charge on any atom is -0.435 e. The van der Waals surface area contributed by atoms with Crippen molar-refractivity contribution in [3.05, 3.63) is 71.4 Å². The first-order chi connectivity index (χ1) is 17.1. The van der Waals surface area contributed by atoms with Crippen molar-refractivity contribution in [3.63, 3.8) is 0 Å². The molecule has 0 fully saturated rings. The molecule has 7 nitrogen and oxygen atoms in total. The topological polar surface area (TPSA) is 69.0 Å². The SMILES string of the molecule is COCCN(Cc1c(C)nn(-c2ccccc2)c1Oc1ccc(F)cc1F)C[C@@H](O)COC(C)(C)C. The van der Waals surface area contributed by atoms with Crippen molar-refractivity contribution >= 4 is 0 Å². The second kappa shape index (κ2) is 12.4. The van der Waals surface area contributed by atoms with Crippen LogP contribution in [0.2, 0.25) is 0 Å². The molecule has 36 heavy (non-hydrogen) atoms. The van der Waals surface area contributed by atoms with Gasteiger partial charge in [-0.25, -0.2) is 13.5 Å². The Morgan fingerprint density at radius 2 is 1.83 bits per heavy atom. The van der Waals surface area contributed by atoms with Crippen molar-refractivity contribution in [3.8, 4) is 17.3 Å². The lowest BCUT2D eigenvalue weighted by molar-refractivity contribution is -0.0577. The Kier molecular flexibility index (Phi) is 9.56. The summed E-state index contributed by atoms with van der Waals surface area (Å²) in [5.41, 5.74) is 1.75.